The van der Waals surface area contributed by atoms with Crippen LogP contribution in [0.5, 0.6) is 0 Å². The van der Waals surface area contributed by atoms with Crippen LogP contribution in [0, 0.1) is 12.3 Å². The number of hydrogen-bond acceptors (Lipinski definition) is 2. The quantitative estimate of drug-likeness (QED) is 0.830. The van der Waals surface area contributed by atoms with Gasteiger partial charge in [-0.15, -0.1) is 6.42 Å². The van der Waals surface area contributed by atoms with Crippen molar-refractivity contribution in [3.05, 3.63) is 35.9 Å². The Morgan fingerprint density at radius 1 is 1.47 bits per heavy atom. The molecule has 1 saturated heterocycles. The van der Waals surface area contributed by atoms with Crippen molar-refractivity contribution in [1.29, 1.82) is 0 Å². The highest BCUT2D eigenvalue weighted by Gasteiger charge is 2.23. The lowest BCUT2D eigenvalue weighted by atomic mass is 10.1. The summed E-state index contributed by atoms with van der Waals surface area (Å²) in [5, 5.41) is 2.68. The molecule has 0 radical (unpaired) electrons. The van der Waals surface area contributed by atoms with Crippen LogP contribution in [0.15, 0.2) is 30.3 Å². The number of rotatable bonds is 3. The van der Waals surface area contributed by atoms with Crippen LogP contribution in [0.4, 0.5) is 4.79 Å². The van der Waals surface area contributed by atoms with Gasteiger partial charge in [-0.2, -0.15) is 0 Å². The summed E-state index contributed by atoms with van der Waals surface area (Å²) < 4.78 is 5.70. The molecule has 0 bridgehead atoms. The molecule has 4 nitrogen and oxygen atoms in total. The molecule has 19 heavy (non-hydrogen) atoms. The van der Waals surface area contributed by atoms with Crippen molar-refractivity contribution in [2.24, 2.45) is 0 Å². The van der Waals surface area contributed by atoms with Crippen molar-refractivity contribution < 1.29 is 9.53 Å². The number of ether oxygens (including phenoxy) is 1. The van der Waals surface area contributed by atoms with Gasteiger partial charge in [0.2, 0.25) is 0 Å². The van der Waals surface area contributed by atoms with E-state index < -0.39 is 0 Å². The van der Waals surface area contributed by atoms with Crippen LogP contribution in [0.1, 0.15) is 5.56 Å². The maximum Gasteiger partial charge on any atom is 0.318 e. The third-order valence-corrected chi connectivity index (χ3v) is 3.07. The van der Waals surface area contributed by atoms with Gasteiger partial charge >= 0.3 is 6.03 Å². The van der Waals surface area contributed by atoms with E-state index in [0.29, 0.717) is 19.7 Å². The highest BCUT2D eigenvalue weighted by molar-refractivity contribution is 5.74. The Morgan fingerprint density at radius 2 is 2.26 bits per heavy atom. The Morgan fingerprint density at radius 3 is 3.00 bits per heavy atom. The van der Waals surface area contributed by atoms with E-state index in [1.165, 1.54) is 5.56 Å². The van der Waals surface area contributed by atoms with Crippen molar-refractivity contribution in [3.8, 4) is 12.3 Å². The smallest absolute Gasteiger partial charge is 0.318 e. The summed E-state index contributed by atoms with van der Waals surface area (Å²) in [6.07, 6.45) is 6.00. The number of urea groups is 1. The van der Waals surface area contributed by atoms with E-state index >= 15 is 0 Å². The number of carbonyl (C=O) groups excluding carboxylic acids is 1. The van der Waals surface area contributed by atoms with Crippen LogP contribution in [0.25, 0.3) is 0 Å². The van der Waals surface area contributed by atoms with Crippen molar-refractivity contribution in [3.63, 3.8) is 0 Å². The van der Waals surface area contributed by atoms with Gasteiger partial charge in [0.05, 0.1) is 19.3 Å². The molecule has 0 saturated carbocycles. The third kappa shape index (κ3) is 4.01. The molecule has 100 valence electrons. The maximum atomic E-state index is 11.8. The highest BCUT2D eigenvalue weighted by atomic mass is 16.5. The van der Waals surface area contributed by atoms with Gasteiger partial charge in [0.15, 0.2) is 0 Å². The minimum Gasteiger partial charge on any atom is -0.374 e. The fourth-order valence-electron chi connectivity index (χ4n) is 2.14. The monoisotopic (exact) mass is 258 g/mol. The summed E-state index contributed by atoms with van der Waals surface area (Å²) in [5.41, 5.74) is 1.22. The molecule has 2 amide bonds. The molecule has 4 heteroatoms. The van der Waals surface area contributed by atoms with Gasteiger partial charge in [-0.3, -0.25) is 0 Å². The van der Waals surface area contributed by atoms with E-state index in [2.05, 4.69) is 23.4 Å². The third-order valence-electron chi connectivity index (χ3n) is 3.07. The van der Waals surface area contributed by atoms with Gasteiger partial charge in [0.25, 0.3) is 0 Å². The summed E-state index contributed by atoms with van der Waals surface area (Å²) >= 11 is 0. The van der Waals surface area contributed by atoms with E-state index in [-0.39, 0.29) is 18.7 Å². The largest absolute Gasteiger partial charge is 0.374 e. The zero-order valence-corrected chi connectivity index (χ0v) is 10.8. The number of hydrogen-bond donors (Lipinski definition) is 1. The van der Waals surface area contributed by atoms with Gasteiger partial charge in [-0.1, -0.05) is 36.3 Å². The molecule has 1 unspecified atom stereocenters. The predicted molar refractivity (Wildman–Crippen MR) is 73.7 cm³/mol. The van der Waals surface area contributed by atoms with Gasteiger partial charge < -0.3 is 15.0 Å². The van der Waals surface area contributed by atoms with Crippen LogP contribution < -0.4 is 5.32 Å². The Labute approximate surface area is 113 Å². The second-order valence-corrected chi connectivity index (χ2v) is 4.49. The average molecular weight is 258 g/mol. The number of amides is 2. The first kappa shape index (κ1) is 13.4. The summed E-state index contributed by atoms with van der Waals surface area (Å²) in [4.78, 5) is 13.6. The fraction of sp³-hybridized carbons (Fsp3) is 0.400. The standard InChI is InChI=1S/C15H18N2O2/c1-2-8-16-15(18)17-9-10-19-14(12-17)11-13-6-4-3-5-7-13/h1,3-7,14H,8-12H2,(H,16,18). The number of nitrogens with one attached hydrogen (secondary N) is 1. The van der Waals surface area contributed by atoms with Gasteiger partial charge in [-0.05, 0) is 5.56 Å². The maximum absolute atomic E-state index is 11.8. The second-order valence-electron chi connectivity index (χ2n) is 4.49. The first-order chi connectivity index (χ1) is 9.29. The summed E-state index contributed by atoms with van der Waals surface area (Å²) in [5.74, 6) is 2.40. The lowest BCUT2D eigenvalue weighted by Crippen LogP contribution is -2.50. The van der Waals surface area contributed by atoms with E-state index in [0.717, 1.165) is 6.42 Å². The summed E-state index contributed by atoms with van der Waals surface area (Å²) in [6.45, 7) is 2.05. The first-order valence-corrected chi connectivity index (χ1v) is 6.41. The topological polar surface area (TPSA) is 41.6 Å². The van der Waals surface area contributed by atoms with Crippen LogP contribution in [0.2, 0.25) is 0 Å². The minimum absolute atomic E-state index is 0.0488. The molecular weight excluding hydrogens is 240 g/mol. The summed E-state index contributed by atoms with van der Waals surface area (Å²) in [6, 6.07) is 10.0. The SMILES string of the molecule is C#CCNC(=O)N1CCOC(Cc2ccccc2)C1. The van der Waals surface area contributed by atoms with Gasteiger partial charge in [-0.25, -0.2) is 4.79 Å². The first-order valence-electron chi connectivity index (χ1n) is 6.41. The normalized spacial score (nSPS) is 18.7. The van der Waals surface area contributed by atoms with E-state index in [9.17, 15) is 4.79 Å². The van der Waals surface area contributed by atoms with Gasteiger partial charge in [0.1, 0.15) is 0 Å². The lowest BCUT2D eigenvalue weighted by Gasteiger charge is -2.32. The Kier molecular flexibility index (Phi) is 4.82. The van der Waals surface area contributed by atoms with E-state index in [4.69, 9.17) is 11.2 Å². The molecule has 1 aromatic rings. The molecule has 1 aliphatic heterocycles. The molecule has 1 aromatic carbocycles. The molecule has 1 fully saturated rings. The Bertz CT molecular complexity index is 453. The van der Waals surface area contributed by atoms with Crippen LogP contribution in [-0.4, -0.2) is 43.3 Å². The molecule has 0 aromatic heterocycles. The minimum atomic E-state index is -0.112. The van der Waals surface area contributed by atoms with Crippen LogP contribution >= 0.6 is 0 Å². The van der Waals surface area contributed by atoms with Crippen LogP contribution in [0.3, 0.4) is 0 Å². The number of nitrogens with zero attached hydrogens (tertiary/aromatic N) is 1. The van der Waals surface area contributed by atoms with Crippen LogP contribution in [-0.2, 0) is 11.2 Å². The second kappa shape index (κ2) is 6.81. The Balaban J connectivity index is 1.87. The zero-order valence-electron chi connectivity index (χ0n) is 10.8. The average Bonchev–Trinajstić information content (AvgIpc) is 2.46. The molecule has 0 spiro atoms. The van der Waals surface area contributed by atoms with Crippen molar-refractivity contribution in [2.45, 2.75) is 12.5 Å². The molecule has 2 rings (SSSR count). The molecule has 0 aliphatic carbocycles. The lowest BCUT2D eigenvalue weighted by molar-refractivity contribution is -0.0131. The number of carbonyl (C=O) groups is 1. The molecule has 1 aliphatic rings. The van der Waals surface area contributed by atoms with Crippen molar-refractivity contribution in [1.82, 2.24) is 10.2 Å². The predicted octanol–water partition coefficient (Wildman–Crippen LogP) is 1.27. The molecule has 1 heterocycles. The fourth-order valence-corrected chi connectivity index (χ4v) is 2.14. The highest BCUT2D eigenvalue weighted by Crippen LogP contribution is 2.11. The van der Waals surface area contributed by atoms with Crippen molar-refractivity contribution >= 4 is 6.03 Å². The van der Waals surface area contributed by atoms with Gasteiger partial charge in [0, 0.05) is 19.5 Å². The van der Waals surface area contributed by atoms with Crippen molar-refractivity contribution in [2.75, 3.05) is 26.2 Å². The number of morpholine rings is 1. The molecule has 1 N–H and O–H groups in total. The Hall–Kier alpha value is -1.99. The summed E-state index contributed by atoms with van der Waals surface area (Å²) in [7, 11) is 0. The molecule has 1 atom stereocenters. The zero-order chi connectivity index (χ0) is 13.5. The molecular formula is C15H18N2O2. The number of terminal acetylenes is 1. The van der Waals surface area contributed by atoms with E-state index in [1.54, 1.807) is 4.90 Å². The van der Waals surface area contributed by atoms with E-state index in [1.807, 2.05) is 18.2 Å². The number of benzene rings is 1.